The molecule has 1 aliphatic rings. The average Bonchev–Trinajstić information content (AvgIpc) is 2.33. The van der Waals surface area contributed by atoms with Crippen molar-refractivity contribution >= 4 is 0 Å². The van der Waals surface area contributed by atoms with E-state index in [0.29, 0.717) is 6.10 Å². The summed E-state index contributed by atoms with van der Waals surface area (Å²) in [7, 11) is 0. The van der Waals surface area contributed by atoms with Gasteiger partial charge in [-0.1, -0.05) is 6.08 Å². The Bertz CT molecular complexity index is 229. The Morgan fingerprint density at radius 3 is 2.56 bits per heavy atom. The van der Waals surface area contributed by atoms with E-state index in [0.717, 1.165) is 52.0 Å². The number of ether oxygens (including phenoxy) is 1. The topological polar surface area (TPSA) is 24.5 Å². The maximum Gasteiger partial charge on any atom is 0.0599 e. The number of nitrogens with zero attached hydrogens (tertiary/aromatic N) is 1. The van der Waals surface area contributed by atoms with E-state index in [-0.39, 0.29) is 5.54 Å². The van der Waals surface area contributed by atoms with Crippen LogP contribution < -0.4 is 5.32 Å². The van der Waals surface area contributed by atoms with Crippen LogP contribution in [0.2, 0.25) is 0 Å². The molecule has 106 valence electrons. The van der Waals surface area contributed by atoms with Crippen LogP contribution in [-0.2, 0) is 4.74 Å². The van der Waals surface area contributed by atoms with Gasteiger partial charge in [0.2, 0.25) is 0 Å². The maximum absolute atomic E-state index is 5.93. The molecule has 1 N–H and O–H groups in total. The Morgan fingerprint density at radius 2 is 2.00 bits per heavy atom. The van der Waals surface area contributed by atoms with E-state index in [1.165, 1.54) is 0 Å². The molecule has 0 aromatic rings. The number of nitrogens with one attached hydrogen (secondary N) is 1. The highest BCUT2D eigenvalue weighted by atomic mass is 16.5. The monoisotopic (exact) mass is 254 g/mol. The van der Waals surface area contributed by atoms with Gasteiger partial charge in [0, 0.05) is 25.2 Å². The largest absolute Gasteiger partial charge is 0.378 e. The molecule has 0 bridgehead atoms. The van der Waals surface area contributed by atoms with Crippen LogP contribution in [0, 0.1) is 0 Å². The number of hydrogen-bond donors (Lipinski definition) is 1. The second kappa shape index (κ2) is 7.93. The molecule has 0 unspecified atom stereocenters. The van der Waals surface area contributed by atoms with Crippen molar-refractivity contribution < 1.29 is 4.74 Å². The predicted octanol–water partition coefficient (Wildman–Crippen LogP) is 2.43. The minimum Gasteiger partial charge on any atom is -0.378 e. The molecule has 1 saturated heterocycles. The van der Waals surface area contributed by atoms with Gasteiger partial charge >= 0.3 is 0 Å². The average molecular weight is 254 g/mol. The molecule has 0 spiro atoms. The van der Waals surface area contributed by atoms with Crippen molar-refractivity contribution in [2.75, 3.05) is 32.8 Å². The fourth-order valence-corrected chi connectivity index (χ4v) is 2.32. The molecule has 1 heterocycles. The van der Waals surface area contributed by atoms with E-state index in [1.54, 1.807) is 0 Å². The summed E-state index contributed by atoms with van der Waals surface area (Å²) in [6.07, 6.45) is 5.90. The zero-order valence-corrected chi connectivity index (χ0v) is 12.4. The van der Waals surface area contributed by atoms with Crippen molar-refractivity contribution in [1.29, 1.82) is 0 Å². The molecule has 0 saturated carbocycles. The van der Waals surface area contributed by atoms with Crippen molar-refractivity contribution in [3.8, 4) is 0 Å². The zero-order chi connectivity index (χ0) is 13.4. The van der Waals surface area contributed by atoms with Crippen LogP contribution in [0.1, 0.15) is 40.0 Å². The van der Waals surface area contributed by atoms with E-state index in [9.17, 15) is 0 Å². The fraction of sp³-hybridized carbons (Fsp3) is 0.867. The predicted molar refractivity (Wildman–Crippen MR) is 78.0 cm³/mol. The second-order valence-corrected chi connectivity index (χ2v) is 6.08. The Morgan fingerprint density at radius 1 is 1.33 bits per heavy atom. The maximum atomic E-state index is 5.93. The Labute approximate surface area is 113 Å². The first-order valence-electron chi connectivity index (χ1n) is 7.22. The van der Waals surface area contributed by atoms with Gasteiger partial charge in [0.1, 0.15) is 0 Å². The van der Waals surface area contributed by atoms with E-state index < -0.39 is 0 Å². The fourth-order valence-electron chi connectivity index (χ4n) is 2.32. The molecule has 1 fully saturated rings. The molecule has 0 amide bonds. The molecule has 3 heteroatoms. The van der Waals surface area contributed by atoms with Gasteiger partial charge in [-0.25, -0.2) is 0 Å². The van der Waals surface area contributed by atoms with Crippen molar-refractivity contribution in [3.63, 3.8) is 0 Å². The Balaban J connectivity index is 2.16. The van der Waals surface area contributed by atoms with Crippen LogP contribution in [0.15, 0.2) is 12.7 Å². The number of hydrogen-bond acceptors (Lipinski definition) is 3. The highest BCUT2D eigenvalue weighted by molar-refractivity contribution is 4.82. The lowest BCUT2D eigenvalue weighted by molar-refractivity contribution is 0.0239. The van der Waals surface area contributed by atoms with Gasteiger partial charge in [0.25, 0.3) is 0 Å². The standard InChI is InChI=1S/C15H30N2O/c1-5-11-17(15(2,3)4)12-6-13-18-14-7-9-16-10-8-14/h5,14,16H,1,6-13H2,2-4H3. The first kappa shape index (κ1) is 15.7. The SMILES string of the molecule is C=CCN(CCCOC1CCNCC1)C(C)(C)C. The molecule has 1 aliphatic heterocycles. The summed E-state index contributed by atoms with van der Waals surface area (Å²) >= 11 is 0. The van der Waals surface area contributed by atoms with E-state index in [2.05, 4.69) is 37.6 Å². The number of piperidine rings is 1. The third kappa shape index (κ3) is 5.98. The van der Waals surface area contributed by atoms with Gasteiger partial charge in [-0.05, 0) is 53.1 Å². The Kier molecular flexibility index (Phi) is 6.90. The quantitative estimate of drug-likeness (QED) is 0.558. The van der Waals surface area contributed by atoms with Crippen molar-refractivity contribution in [2.45, 2.75) is 51.7 Å². The van der Waals surface area contributed by atoms with Crippen LogP contribution in [0.25, 0.3) is 0 Å². The molecule has 3 nitrogen and oxygen atoms in total. The molecule has 0 aromatic carbocycles. The van der Waals surface area contributed by atoms with Crippen LogP contribution in [0.4, 0.5) is 0 Å². The molecule has 0 aromatic heterocycles. The third-order valence-corrected chi connectivity index (χ3v) is 3.51. The van der Waals surface area contributed by atoms with Crippen LogP contribution in [0.5, 0.6) is 0 Å². The minimum atomic E-state index is 0.211. The van der Waals surface area contributed by atoms with Gasteiger partial charge in [0.15, 0.2) is 0 Å². The third-order valence-electron chi connectivity index (χ3n) is 3.51. The van der Waals surface area contributed by atoms with E-state index >= 15 is 0 Å². The zero-order valence-electron chi connectivity index (χ0n) is 12.4. The first-order chi connectivity index (χ1) is 8.54. The van der Waals surface area contributed by atoms with Gasteiger partial charge in [-0.3, -0.25) is 4.90 Å². The lowest BCUT2D eigenvalue weighted by atomic mass is 10.1. The van der Waals surface area contributed by atoms with Crippen molar-refractivity contribution in [2.24, 2.45) is 0 Å². The molecular weight excluding hydrogens is 224 g/mol. The Hall–Kier alpha value is -0.380. The van der Waals surface area contributed by atoms with E-state index in [1.807, 2.05) is 6.08 Å². The summed E-state index contributed by atoms with van der Waals surface area (Å²) in [6.45, 7) is 15.7. The summed E-state index contributed by atoms with van der Waals surface area (Å²) in [5.74, 6) is 0. The lowest BCUT2D eigenvalue weighted by Crippen LogP contribution is -2.42. The highest BCUT2D eigenvalue weighted by Gasteiger charge is 2.19. The van der Waals surface area contributed by atoms with E-state index in [4.69, 9.17) is 4.74 Å². The summed E-state index contributed by atoms with van der Waals surface area (Å²) < 4.78 is 5.93. The molecule has 1 rings (SSSR count). The van der Waals surface area contributed by atoms with Crippen molar-refractivity contribution in [3.05, 3.63) is 12.7 Å². The number of rotatable bonds is 7. The second-order valence-electron chi connectivity index (χ2n) is 6.08. The summed E-state index contributed by atoms with van der Waals surface area (Å²) in [4.78, 5) is 2.45. The van der Waals surface area contributed by atoms with Gasteiger partial charge in [0.05, 0.1) is 6.10 Å². The molecule has 0 radical (unpaired) electrons. The molecule has 18 heavy (non-hydrogen) atoms. The summed E-state index contributed by atoms with van der Waals surface area (Å²) in [5, 5.41) is 3.36. The van der Waals surface area contributed by atoms with Gasteiger partial charge in [-0.2, -0.15) is 0 Å². The molecule has 0 atom stereocenters. The summed E-state index contributed by atoms with van der Waals surface area (Å²) in [5.41, 5.74) is 0.211. The normalized spacial score (nSPS) is 18.2. The van der Waals surface area contributed by atoms with Crippen LogP contribution >= 0.6 is 0 Å². The smallest absolute Gasteiger partial charge is 0.0599 e. The lowest BCUT2D eigenvalue weighted by Gasteiger charge is -2.35. The molecule has 0 aliphatic carbocycles. The highest BCUT2D eigenvalue weighted by Crippen LogP contribution is 2.14. The molecular formula is C15H30N2O. The first-order valence-corrected chi connectivity index (χ1v) is 7.22. The summed E-state index contributed by atoms with van der Waals surface area (Å²) in [6, 6.07) is 0. The van der Waals surface area contributed by atoms with Gasteiger partial charge in [-0.15, -0.1) is 6.58 Å². The minimum absolute atomic E-state index is 0.211. The van der Waals surface area contributed by atoms with Gasteiger partial charge < -0.3 is 10.1 Å². The van der Waals surface area contributed by atoms with Crippen LogP contribution in [0.3, 0.4) is 0 Å². The van der Waals surface area contributed by atoms with Crippen molar-refractivity contribution in [1.82, 2.24) is 10.2 Å². The van der Waals surface area contributed by atoms with Crippen LogP contribution in [-0.4, -0.2) is 49.3 Å².